The number of rotatable bonds is 7. The maximum atomic E-state index is 13.6. The van der Waals surface area contributed by atoms with Gasteiger partial charge in [-0.1, -0.05) is 48.5 Å². The Balaban J connectivity index is 1.56. The summed E-state index contributed by atoms with van der Waals surface area (Å²) in [7, 11) is 0. The van der Waals surface area contributed by atoms with Gasteiger partial charge in [0.2, 0.25) is 0 Å². The van der Waals surface area contributed by atoms with Crippen LogP contribution < -0.4 is 5.56 Å². The van der Waals surface area contributed by atoms with Crippen molar-refractivity contribution in [1.29, 1.82) is 0 Å². The molecular weight excluding hydrogens is 434 g/mol. The third kappa shape index (κ3) is 5.11. The van der Waals surface area contributed by atoms with Gasteiger partial charge in [-0.05, 0) is 36.8 Å². The molecule has 1 aromatic heterocycles. The van der Waals surface area contributed by atoms with Crippen molar-refractivity contribution in [1.82, 2.24) is 9.47 Å². The van der Waals surface area contributed by atoms with E-state index in [4.69, 9.17) is 0 Å². The van der Waals surface area contributed by atoms with Gasteiger partial charge in [-0.2, -0.15) is 0 Å². The highest BCUT2D eigenvalue weighted by atomic mass is 16.6. The molecule has 2 heterocycles. The van der Waals surface area contributed by atoms with E-state index in [1.165, 1.54) is 42.1 Å². The van der Waals surface area contributed by atoms with Gasteiger partial charge in [0.25, 0.3) is 17.2 Å². The van der Waals surface area contributed by atoms with Crippen molar-refractivity contribution in [3.8, 4) is 0 Å². The summed E-state index contributed by atoms with van der Waals surface area (Å²) >= 11 is 0. The van der Waals surface area contributed by atoms with Gasteiger partial charge in [0, 0.05) is 43.0 Å². The number of nitro groups is 1. The molecule has 8 nitrogen and oxygen atoms in total. The van der Waals surface area contributed by atoms with Gasteiger partial charge in [-0.25, -0.2) is 0 Å². The highest BCUT2D eigenvalue weighted by molar-refractivity contribution is 6.12. The number of carbonyl (C=O) groups is 2. The van der Waals surface area contributed by atoms with E-state index in [0.717, 1.165) is 29.9 Å². The largest absolute Gasteiger partial charge is 0.340 e. The van der Waals surface area contributed by atoms with Gasteiger partial charge in [-0.3, -0.25) is 29.1 Å². The number of likely N-dealkylation sites (tertiary alicyclic amines) is 1. The third-order valence-electron chi connectivity index (χ3n) is 6.25. The maximum absolute atomic E-state index is 13.6. The molecule has 0 radical (unpaired) electrons. The molecule has 4 rings (SSSR count). The second kappa shape index (κ2) is 10.2. The third-order valence-corrected chi connectivity index (χ3v) is 6.25. The molecule has 8 heteroatoms. The van der Waals surface area contributed by atoms with Crippen LogP contribution in [0.15, 0.2) is 83.8 Å². The number of hydrogen-bond donors (Lipinski definition) is 0. The molecule has 0 aliphatic carbocycles. The molecule has 0 bridgehead atoms. The molecule has 1 fully saturated rings. The number of hydrogen-bond acceptors (Lipinski definition) is 5. The van der Waals surface area contributed by atoms with Crippen molar-refractivity contribution in [3.05, 3.63) is 111 Å². The fraction of sp³-hybridized carbons (Fsp3) is 0.269. The SMILES string of the molecule is O=C(c1cccc([N+](=O)[O-])c1)C(C(=O)N1CCC(Cc2ccccc2)CC1)n1ccccc1=O. The van der Waals surface area contributed by atoms with Crippen LogP contribution in [-0.2, 0) is 11.2 Å². The van der Waals surface area contributed by atoms with Crippen molar-refractivity contribution in [2.75, 3.05) is 13.1 Å². The average molecular weight is 460 g/mol. The summed E-state index contributed by atoms with van der Waals surface area (Å²) in [5, 5.41) is 11.2. The van der Waals surface area contributed by atoms with Gasteiger partial charge < -0.3 is 4.90 Å². The average Bonchev–Trinajstić information content (AvgIpc) is 2.86. The van der Waals surface area contributed by atoms with E-state index in [2.05, 4.69) is 12.1 Å². The summed E-state index contributed by atoms with van der Waals surface area (Å²) in [4.78, 5) is 51.7. The molecule has 174 valence electrons. The van der Waals surface area contributed by atoms with E-state index in [-0.39, 0.29) is 11.3 Å². The molecule has 0 saturated carbocycles. The smallest absolute Gasteiger partial charge is 0.270 e. The van der Waals surface area contributed by atoms with Gasteiger partial charge in [0.1, 0.15) is 0 Å². The number of nitrogens with zero attached hydrogens (tertiary/aromatic N) is 3. The number of non-ortho nitro benzene ring substituents is 1. The zero-order chi connectivity index (χ0) is 24.1. The van der Waals surface area contributed by atoms with Crippen LogP contribution in [0.1, 0.15) is 34.8 Å². The molecule has 1 aliphatic rings. The van der Waals surface area contributed by atoms with Crippen LogP contribution >= 0.6 is 0 Å². The van der Waals surface area contributed by atoms with Crippen LogP contribution in [0, 0.1) is 16.0 Å². The van der Waals surface area contributed by atoms with Gasteiger partial charge in [-0.15, -0.1) is 0 Å². The van der Waals surface area contributed by atoms with Crippen molar-refractivity contribution in [3.63, 3.8) is 0 Å². The summed E-state index contributed by atoms with van der Waals surface area (Å²) in [5.41, 5.74) is 0.530. The first-order valence-corrected chi connectivity index (χ1v) is 11.2. The maximum Gasteiger partial charge on any atom is 0.270 e. The number of nitro benzene ring substituents is 1. The highest BCUT2D eigenvalue weighted by Gasteiger charge is 2.35. The minimum Gasteiger partial charge on any atom is -0.340 e. The summed E-state index contributed by atoms with van der Waals surface area (Å²) in [6.45, 7) is 0.966. The monoisotopic (exact) mass is 459 g/mol. The van der Waals surface area contributed by atoms with Crippen LogP contribution in [0.5, 0.6) is 0 Å². The fourth-order valence-electron chi connectivity index (χ4n) is 4.42. The predicted octanol–water partition coefficient (Wildman–Crippen LogP) is 3.66. The lowest BCUT2D eigenvalue weighted by Crippen LogP contribution is -2.46. The van der Waals surface area contributed by atoms with Crippen LogP contribution in [0.3, 0.4) is 0 Å². The van der Waals surface area contributed by atoms with E-state index in [0.29, 0.717) is 19.0 Å². The molecule has 3 aromatic rings. The number of benzene rings is 2. The van der Waals surface area contributed by atoms with E-state index in [1.54, 1.807) is 11.0 Å². The van der Waals surface area contributed by atoms with Crippen molar-refractivity contribution in [2.24, 2.45) is 5.92 Å². The Hall–Kier alpha value is -4.07. The quantitative estimate of drug-likeness (QED) is 0.232. The standard InChI is InChI=1S/C26H25N3O5/c30-23-11-4-5-14-28(23)24(25(31)21-9-6-10-22(18-21)29(33)34)26(32)27-15-12-20(13-16-27)17-19-7-2-1-3-8-19/h1-11,14,18,20,24H,12-13,15-17H2. The number of piperidine rings is 1. The van der Waals surface area contributed by atoms with Crippen molar-refractivity contribution in [2.45, 2.75) is 25.3 Å². The van der Waals surface area contributed by atoms with E-state index >= 15 is 0 Å². The van der Waals surface area contributed by atoms with Crippen LogP contribution in [0.25, 0.3) is 0 Å². The van der Waals surface area contributed by atoms with Gasteiger partial charge in [0.05, 0.1) is 4.92 Å². The Labute approximate surface area is 196 Å². The van der Waals surface area contributed by atoms with Crippen molar-refractivity contribution < 1.29 is 14.5 Å². The van der Waals surface area contributed by atoms with Crippen LogP contribution in [-0.4, -0.2) is 39.2 Å². The number of ketones is 1. The molecule has 0 spiro atoms. The lowest BCUT2D eigenvalue weighted by atomic mass is 9.89. The Morgan fingerprint density at radius 3 is 2.35 bits per heavy atom. The van der Waals surface area contributed by atoms with Gasteiger partial charge in [0.15, 0.2) is 11.8 Å². The minimum absolute atomic E-state index is 0.0160. The summed E-state index contributed by atoms with van der Waals surface area (Å²) in [6.07, 6.45) is 3.92. The number of pyridine rings is 1. The van der Waals surface area contributed by atoms with Crippen LogP contribution in [0.4, 0.5) is 5.69 Å². The predicted molar refractivity (Wildman–Crippen MR) is 127 cm³/mol. The first kappa shape index (κ1) is 23.1. The number of amides is 1. The topological polar surface area (TPSA) is 103 Å². The lowest BCUT2D eigenvalue weighted by Gasteiger charge is -2.34. The Bertz CT molecular complexity index is 1250. The molecule has 1 saturated heterocycles. The van der Waals surface area contributed by atoms with E-state index in [1.807, 2.05) is 18.2 Å². The minimum atomic E-state index is -1.42. The molecule has 2 aromatic carbocycles. The van der Waals surface area contributed by atoms with E-state index < -0.39 is 28.2 Å². The Morgan fingerprint density at radius 2 is 1.68 bits per heavy atom. The molecular formula is C26H25N3O5. The fourth-order valence-corrected chi connectivity index (χ4v) is 4.42. The van der Waals surface area contributed by atoms with Crippen molar-refractivity contribution >= 4 is 17.4 Å². The highest BCUT2D eigenvalue weighted by Crippen LogP contribution is 2.25. The summed E-state index contributed by atoms with van der Waals surface area (Å²) in [5.74, 6) is -0.687. The summed E-state index contributed by atoms with van der Waals surface area (Å²) in [6, 6.07) is 18.4. The Kier molecular flexibility index (Phi) is 6.96. The molecule has 1 atom stereocenters. The molecule has 1 amide bonds. The summed E-state index contributed by atoms with van der Waals surface area (Å²) < 4.78 is 1.11. The second-order valence-corrected chi connectivity index (χ2v) is 8.48. The Morgan fingerprint density at radius 1 is 0.971 bits per heavy atom. The van der Waals surface area contributed by atoms with Gasteiger partial charge >= 0.3 is 0 Å². The first-order valence-electron chi connectivity index (χ1n) is 11.2. The lowest BCUT2D eigenvalue weighted by molar-refractivity contribution is -0.384. The molecule has 34 heavy (non-hydrogen) atoms. The number of aromatic nitrogens is 1. The number of Topliss-reactive ketones (excluding diaryl/α,β-unsaturated/α-hetero) is 1. The molecule has 1 unspecified atom stereocenters. The normalized spacial score (nSPS) is 15.0. The van der Waals surface area contributed by atoms with Crippen LogP contribution in [0.2, 0.25) is 0 Å². The second-order valence-electron chi connectivity index (χ2n) is 8.48. The first-order chi connectivity index (χ1) is 16.4. The number of carbonyl (C=O) groups excluding carboxylic acids is 2. The zero-order valence-corrected chi connectivity index (χ0v) is 18.6. The zero-order valence-electron chi connectivity index (χ0n) is 18.6. The molecule has 1 aliphatic heterocycles. The van der Waals surface area contributed by atoms with E-state index in [9.17, 15) is 24.5 Å². The molecule has 0 N–H and O–H groups in total.